The lowest BCUT2D eigenvalue weighted by Gasteiger charge is -2.25. The fourth-order valence-corrected chi connectivity index (χ4v) is 4.53. The summed E-state index contributed by atoms with van der Waals surface area (Å²) >= 11 is 6.05. The predicted octanol–water partition coefficient (Wildman–Crippen LogP) is 7.20. The molecule has 0 aliphatic heterocycles. The van der Waals surface area contributed by atoms with Gasteiger partial charge in [0.05, 0.1) is 22.3 Å². The van der Waals surface area contributed by atoms with Crippen LogP contribution in [0.5, 0.6) is 5.75 Å². The van der Waals surface area contributed by atoms with E-state index in [4.69, 9.17) is 22.1 Å². The Balaban J connectivity index is 0.00000156. The highest BCUT2D eigenvalue weighted by atomic mass is 35.5. The number of benzene rings is 4. The molecule has 0 fully saturated rings. The molecule has 1 unspecified atom stereocenters. The summed E-state index contributed by atoms with van der Waals surface area (Å²) in [6, 6.07) is 29.9. The minimum atomic E-state index is -0.694. The van der Waals surface area contributed by atoms with Crippen molar-refractivity contribution < 1.29 is 9.84 Å². The normalized spacial score (nSPS) is 11.9. The number of fused-ring (bicyclic) bond motifs is 3. The average molecular weight is 516 g/mol. The van der Waals surface area contributed by atoms with E-state index in [-0.39, 0.29) is 0 Å². The molecule has 5 rings (SSSR count). The number of halogens is 1. The third-order valence-corrected chi connectivity index (χ3v) is 6.58. The Morgan fingerprint density at radius 2 is 1.62 bits per heavy atom. The number of aliphatic hydroxyl groups excluding tert-OH is 1. The summed E-state index contributed by atoms with van der Waals surface area (Å²) < 4.78 is 6.12. The first-order chi connectivity index (χ1) is 18.1. The molecule has 37 heavy (non-hydrogen) atoms. The van der Waals surface area contributed by atoms with Gasteiger partial charge in [-0.1, -0.05) is 80.0 Å². The summed E-state index contributed by atoms with van der Waals surface area (Å²) in [6.07, 6.45) is -0.694. The van der Waals surface area contributed by atoms with E-state index in [1.807, 2.05) is 62.4 Å². The van der Waals surface area contributed by atoms with Crippen molar-refractivity contribution in [3.63, 3.8) is 0 Å². The lowest BCUT2D eigenvalue weighted by Crippen LogP contribution is -2.32. The van der Waals surface area contributed by atoms with Gasteiger partial charge in [-0.2, -0.15) is 0 Å². The Kier molecular flexibility index (Phi) is 9.07. The monoisotopic (exact) mass is 515 g/mol. The van der Waals surface area contributed by atoms with Gasteiger partial charge in [0.2, 0.25) is 0 Å². The highest BCUT2D eigenvalue weighted by molar-refractivity contribution is 6.33. The number of hydrogen-bond acceptors (Lipinski definition) is 4. The summed E-state index contributed by atoms with van der Waals surface area (Å²) in [4.78, 5) is 5.65. The maximum atomic E-state index is 10.9. The fraction of sp³-hybridized carbons (Fsp3) is 0.226. The van der Waals surface area contributed by atoms with Crippen molar-refractivity contribution in [3.05, 3.63) is 107 Å². The predicted molar refractivity (Wildman–Crippen MR) is 155 cm³/mol. The number of aromatic amines is 1. The molecule has 0 saturated carbocycles. The molecule has 0 radical (unpaired) electrons. The molecule has 0 spiro atoms. The maximum absolute atomic E-state index is 10.9. The second kappa shape index (κ2) is 12.6. The Bertz CT molecular complexity index is 1430. The molecule has 4 N–H and O–H groups in total. The van der Waals surface area contributed by atoms with E-state index in [0.717, 1.165) is 22.3 Å². The Morgan fingerprint density at radius 3 is 2.41 bits per heavy atom. The highest BCUT2D eigenvalue weighted by Gasteiger charge is 2.16. The zero-order valence-corrected chi connectivity index (χ0v) is 22.1. The van der Waals surface area contributed by atoms with Crippen LogP contribution in [0.15, 0.2) is 91.0 Å². The van der Waals surface area contributed by atoms with E-state index in [9.17, 15) is 5.11 Å². The molecule has 5 aromatic rings. The quantitative estimate of drug-likeness (QED) is 0.181. The standard InChI is InChI=1S/C29H28ClN3O2.C2H6/c30-25-13-10-21(16-26(25)31)29(34)19-33(18-20-6-2-1-3-7-20)14-15-35-22-11-12-24-23-8-4-5-9-27(23)32-28(24)17-22;1-2/h1-13,16-17,29,32,34H,14-15,18-19,31H2;1-2H3. The molecule has 1 heterocycles. The highest BCUT2D eigenvalue weighted by Crippen LogP contribution is 2.28. The molecule has 4 aromatic carbocycles. The van der Waals surface area contributed by atoms with Crippen LogP contribution in [0.25, 0.3) is 21.8 Å². The number of anilines is 1. The van der Waals surface area contributed by atoms with Crippen molar-refractivity contribution in [2.75, 3.05) is 25.4 Å². The molecular weight excluding hydrogens is 482 g/mol. The largest absolute Gasteiger partial charge is 0.492 e. The van der Waals surface area contributed by atoms with Crippen LogP contribution in [0.4, 0.5) is 5.69 Å². The Hall–Kier alpha value is -3.51. The number of para-hydroxylation sites is 1. The van der Waals surface area contributed by atoms with Gasteiger partial charge in [-0.25, -0.2) is 0 Å². The smallest absolute Gasteiger partial charge is 0.121 e. The van der Waals surface area contributed by atoms with Crippen molar-refractivity contribution in [2.24, 2.45) is 0 Å². The summed E-state index contributed by atoms with van der Waals surface area (Å²) in [5.74, 6) is 0.815. The topological polar surface area (TPSA) is 74.5 Å². The average Bonchev–Trinajstić information content (AvgIpc) is 3.29. The fourth-order valence-electron chi connectivity index (χ4n) is 4.41. The van der Waals surface area contributed by atoms with E-state index in [2.05, 4.69) is 40.2 Å². The lowest BCUT2D eigenvalue weighted by atomic mass is 10.1. The second-order valence-electron chi connectivity index (χ2n) is 8.74. The van der Waals surface area contributed by atoms with Gasteiger partial charge in [0.25, 0.3) is 0 Å². The van der Waals surface area contributed by atoms with Crippen molar-refractivity contribution in [3.8, 4) is 5.75 Å². The van der Waals surface area contributed by atoms with Crippen LogP contribution in [0, 0.1) is 0 Å². The first-order valence-electron chi connectivity index (χ1n) is 12.7. The zero-order valence-electron chi connectivity index (χ0n) is 21.3. The van der Waals surface area contributed by atoms with Crippen molar-refractivity contribution in [1.82, 2.24) is 9.88 Å². The molecule has 6 heteroatoms. The van der Waals surface area contributed by atoms with Gasteiger partial charge in [0.15, 0.2) is 0 Å². The lowest BCUT2D eigenvalue weighted by molar-refractivity contribution is 0.0986. The van der Waals surface area contributed by atoms with Crippen LogP contribution in [0.2, 0.25) is 5.02 Å². The van der Waals surface area contributed by atoms with Crippen molar-refractivity contribution >= 4 is 39.1 Å². The number of nitrogen functional groups attached to an aromatic ring is 1. The number of hydrogen-bond donors (Lipinski definition) is 3. The molecule has 192 valence electrons. The second-order valence-corrected chi connectivity index (χ2v) is 9.15. The molecule has 1 atom stereocenters. The van der Waals surface area contributed by atoms with Gasteiger partial charge >= 0.3 is 0 Å². The van der Waals surface area contributed by atoms with Crippen LogP contribution in [0.1, 0.15) is 31.1 Å². The van der Waals surface area contributed by atoms with E-state index >= 15 is 0 Å². The number of aromatic nitrogens is 1. The van der Waals surface area contributed by atoms with Crippen LogP contribution in [-0.4, -0.2) is 34.7 Å². The first-order valence-corrected chi connectivity index (χ1v) is 13.1. The van der Waals surface area contributed by atoms with Crippen LogP contribution < -0.4 is 10.5 Å². The Labute approximate surface area is 223 Å². The van der Waals surface area contributed by atoms with Gasteiger partial charge < -0.3 is 20.6 Å². The number of nitrogens with two attached hydrogens (primary N) is 1. The van der Waals surface area contributed by atoms with Gasteiger partial charge in [-0.05, 0) is 41.5 Å². The molecule has 1 aromatic heterocycles. The molecule has 5 nitrogen and oxygen atoms in total. The summed E-state index contributed by atoms with van der Waals surface area (Å²) in [6.45, 7) is 6.29. The number of nitrogens with one attached hydrogen (secondary N) is 1. The molecule has 0 amide bonds. The summed E-state index contributed by atoms with van der Waals surface area (Å²) in [7, 11) is 0. The van der Waals surface area contributed by atoms with E-state index in [0.29, 0.717) is 37.0 Å². The third-order valence-electron chi connectivity index (χ3n) is 6.24. The molecule has 0 aliphatic rings. The zero-order chi connectivity index (χ0) is 26.2. The van der Waals surface area contributed by atoms with Gasteiger partial charge in [-0.15, -0.1) is 0 Å². The number of ether oxygens (including phenoxy) is 1. The minimum Gasteiger partial charge on any atom is -0.492 e. The molecule has 0 aliphatic carbocycles. The minimum absolute atomic E-state index is 0.445. The van der Waals surface area contributed by atoms with E-state index in [1.54, 1.807) is 12.1 Å². The Morgan fingerprint density at radius 1 is 0.892 bits per heavy atom. The van der Waals surface area contributed by atoms with Gasteiger partial charge in [0.1, 0.15) is 12.4 Å². The molecular formula is C31H34ClN3O2. The summed E-state index contributed by atoms with van der Waals surface area (Å²) in [5, 5.41) is 13.8. The van der Waals surface area contributed by atoms with E-state index in [1.165, 1.54) is 16.3 Å². The van der Waals surface area contributed by atoms with Crippen LogP contribution in [-0.2, 0) is 6.54 Å². The third kappa shape index (κ3) is 6.63. The first kappa shape index (κ1) is 26.6. The number of nitrogens with zero attached hydrogens (tertiary/aromatic N) is 1. The molecule has 0 bridgehead atoms. The van der Waals surface area contributed by atoms with Crippen molar-refractivity contribution in [1.29, 1.82) is 0 Å². The summed E-state index contributed by atoms with van der Waals surface area (Å²) in [5.41, 5.74) is 10.5. The maximum Gasteiger partial charge on any atom is 0.121 e. The number of H-pyrrole nitrogens is 1. The number of rotatable bonds is 9. The number of aliphatic hydroxyl groups is 1. The van der Waals surface area contributed by atoms with Crippen LogP contribution in [0.3, 0.4) is 0 Å². The van der Waals surface area contributed by atoms with Gasteiger partial charge in [0, 0.05) is 42.0 Å². The molecule has 0 saturated heterocycles. The SMILES string of the molecule is CC.Nc1cc(C(O)CN(CCOc2ccc3c(c2)[nH]c2ccccc23)Cc2ccccc2)ccc1Cl. The van der Waals surface area contributed by atoms with Gasteiger partial charge in [-0.3, -0.25) is 4.90 Å². The van der Waals surface area contributed by atoms with E-state index < -0.39 is 6.10 Å². The van der Waals surface area contributed by atoms with Crippen LogP contribution >= 0.6 is 11.6 Å². The van der Waals surface area contributed by atoms with Crippen molar-refractivity contribution in [2.45, 2.75) is 26.5 Å².